The van der Waals surface area contributed by atoms with Gasteiger partial charge in [0.05, 0.1) is 28.5 Å². The topological polar surface area (TPSA) is 70.8 Å². The van der Waals surface area contributed by atoms with E-state index in [2.05, 4.69) is 0 Å². The van der Waals surface area contributed by atoms with Crippen LogP contribution in [-0.4, -0.2) is 32.7 Å². The monoisotopic (exact) mass is 484 g/mol. The molecule has 7 heteroatoms. The van der Waals surface area contributed by atoms with Crippen molar-refractivity contribution in [2.24, 2.45) is 0 Å². The summed E-state index contributed by atoms with van der Waals surface area (Å²) in [5.41, 5.74) is 3.31. The second kappa shape index (κ2) is 9.02. The molecule has 1 aliphatic rings. The van der Waals surface area contributed by atoms with Crippen molar-refractivity contribution in [2.45, 2.75) is 10.9 Å². The van der Waals surface area contributed by atoms with Crippen molar-refractivity contribution in [2.75, 3.05) is 19.0 Å². The fourth-order valence-electron chi connectivity index (χ4n) is 4.43. The number of rotatable bonds is 6. The number of carbonyl (C=O) groups is 1. The lowest BCUT2D eigenvalue weighted by Crippen LogP contribution is -2.32. The molecular weight excluding hydrogens is 460 g/mol. The summed E-state index contributed by atoms with van der Waals surface area (Å²) in [6.45, 7) is 0. The number of benzene rings is 3. The van der Waals surface area contributed by atoms with Gasteiger partial charge in [-0.05, 0) is 47.5 Å². The molecule has 4 aromatic rings. The normalized spacial score (nSPS) is 14.8. The van der Waals surface area contributed by atoms with Crippen LogP contribution in [-0.2, 0) is 14.8 Å². The van der Waals surface area contributed by atoms with Crippen molar-refractivity contribution < 1.29 is 17.6 Å². The molecule has 0 fully saturated rings. The Balaban J connectivity index is 1.60. The molecule has 0 N–H and O–H groups in total. The van der Waals surface area contributed by atoms with Crippen molar-refractivity contribution in [1.29, 1.82) is 0 Å². The molecule has 3 aromatic carbocycles. The fraction of sp³-hybridized carbons (Fsp3) is 0.107. The molecule has 35 heavy (non-hydrogen) atoms. The maximum Gasteiger partial charge on any atom is 0.258 e. The first-order valence-electron chi connectivity index (χ1n) is 11.1. The third-order valence-electron chi connectivity index (χ3n) is 6.26. The van der Waals surface area contributed by atoms with E-state index in [-0.39, 0.29) is 10.8 Å². The number of furan rings is 1. The SMILES string of the molecule is CN1C(=O)/C(=C/c2ccco2)c2cc(S(=O)(=O)N(C)C(c3ccccc3)c3ccccc3)ccc21. The van der Waals surface area contributed by atoms with E-state index in [9.17, 15) is 13.2 Å². The fourth-order valence-corrected chi connectivity index (χ4v) is 5.79. The second-order valence-electron chi connectivity index (χ2n) is 8.36. The average molecular weight is 485 g/mol. The predicted octanol–water partition coefficient (Wildman–Crippen LogP) is 5.21. The van der Waals surface area contributed by atoms with E-state index in [1.165, 1.54) is 15.5 Å². The second-order valence-corrected chi connectivity index (χ2v) is 10.4. The zero-order chi connectivity index (χ0) is 24.6. The van der Waals surface area contributed by atoms with Gasteiger partial charge in [-0.2, -0.15) is 4.31 Å². The summed E-state index contributed by atoms with van der Waals surface area (Å²) in [6, 6.07) is 26.9. The van der Waals surface area contributed by atoms with E-state index in [0.29, 0.717) is 22.6 Å². The third-order valence-corrected chi connectivity index (χ3v) is 8.07. The smallest absolute Gasteiger partial charge is 0.258 e. The number of nitrogens with zero attached hydrogens (tertiary/aromatic N) is 2. The van der Waals surface area contributed by atoms with Crippen LogP contribution >= 0.6 is 0 Å². The number of likely N-dealkylation sites (N-methyl/N-ethyl adjacent to an activating group) is 1. The molecule has 0 spiro atoms. The molecule has 0 aliphatic carbocycles. The molecule has 6 nitrogen and oxygen atoms in total. The summed E-state index contributed by atoms with van der Waals surface area (Å²) in [7, 11) is -0.664. The minimum atomic E-state index is -3.92. The Morgan fingerprint density at radius 2 is 1.51 bits per heavy atom. The molecule has 0 saturated carbocycles. The van der Waals surface area contributed by atoms with Crippen molar-refractivity contribution >= 4 is 33.3 Å². The summed E-state index contributed by atoms with van der Waals surface area (Å²) < 4.78 is 34.6. The number of carbonyl (C=O) groups excluding carboxylic acids is 1. The Bertz CT molecular complexity index is 1460. The van der Waals surface area contributed by atoms with E-state index in [4.69, 9.17) is 4.42 Å². The van der Waals surface area contributed by atoms with Gasteiger partial charge in [-0.3, -0.25) is 4.79 Å². The van der Waals surface area contributed by atoms with E-state index in [1.807, 2.05) is 60.7 Å². The Labute approximate surface area is 204 Å². The van der Waals surface area contributed by atoms with Gasteiger partial charge in [-0.15, -0.1) is 0 Å². The first kappa shape index (κ1) is 22.8. The van der Waals surface area contributed by atoms with Gasteiger partial charge < -0.3 is 9.32 Å². The number of anilines is 1. The maximum atomic E-state index is 13.9. The minimum absolute atomic E-state index is 0.115. The largest absolute Gasteiger partial charge is 0.465 e. The van der Waals surface area contributed by atoms with Crippen LogP contribution in [0.1, 0.15) is 28.5 Å². The summed E-state index contributed by atoms with van der Waals surface area (Å²) in [4.78, 5) is 14.5. The first-order chi connectivity index (χ1) is 16.9. The molecule has 0 unspecified atom stereocenters. The van der Waals surface area contributed by atoms with Crippen molar-refractivity contribution in [1.82, 2.24) is 4.31 Å². The number of fused-ring (bicyclic) bond motifs is 1. The highest BCUT2D eigenvalue weighted by Crippen LogP contribution is 2.40. The number of sulfonamides is 1. The Morgan fingerprint density at radius 3 is 2.09 bits per heavy atom. The number of hydrogen-bond donors (Lipinski definition) is 0. The molecule has 1 aromatic heterocycles. The predicted molar refractivity (Wildman–Crippen MR) is 136 cm³/mol. The van der Waals surface area contributed by atoms with E-state index in [0.717, 1.165) is 11.1 Å². The van der Waals surface area contributed by atoms with Crippen LogP contribution in [0.25, 0.3) is 11.6 Å². The van der Waals surface area contributed by atoms with Gasteiger partial charge in [-0.25, -0.2) is 8.42 Å². The standard InChI is InChI=1S/C28H24N2O4S/c1-29-26-16-15-23(19-24(26)25(28(29)31)18-22-14-9-17-34-22)35(32,33)30(2)27(20-10-5-3-6-11-20)21-12-7-4-8-13-21/h3-19,27H,1-2H3/b25-18+. The van der Waals surface area contributed by atoms with Crippen LogP contribution in [0.5, 0.6) is 0 Å². The van der Waals surface area contributed by atoms with Gasteiger partial charge >= 0.3 is 0 Å². The molecule has 0 saturated heterocycles. The van der Waals surface area contributed by atoms with Gasteiger partial charge in [0.2, 0.25) is 10.0 Å². The van der Waals surface area contributed by atoms with Gasteiger partial charge in [0.15, 0.2) is 0 Å². The quantitative estimate of drug-likeness (QED) is 0.353. The van der Waals surface area contributed by atoms with Crippen LogP contribution < -0.4 is 4.90 Å². The summed E-state index contributed by atoms with van der Waals surface area (Å²) in [5.74, 6) is 0.305. The molecule has 1 amide bonds. The van der Waals surface area contributed by atoms with Crippen LogP contribution in [0.4, 0.5) is 5.69 Å². The van der Waals surface area contributed by atoms with Crippen LogP contribution in [0, 0.1) is 0 Å². The number of hydrogen-bond acceptors (Lipinski definition) is 4. The van der Waals surface area contributed by atoms with E-state index < -0.39 is 16.1 Å². The highest BCUT2D eigenvalue weighted by atomic mass is 32.2. The average Bonchev–Trinajstić information content (AvgIpc) is 3.48. The molecule has 0 radical (unpaired) electrons. The maximum absolute atomic E-state index is 13.9. The van der Waals surface area contributed by atoms with Crippen molar-refractivity contribution in [3.8, 4) is 0 Å². The molecule has 1 aliphatic heterocycles. The zero-order valence-electron chi connectivity index (χ0n) is 19.3. The van der Waals surface area contributed by atoms with Gasteiger partial charge in [-0.1, -0.05) is 60.7 Å². The Morgan fingerprint density at radius 1 is 0.886 bits per heavy atom. The summed E-state index contributed by atoms with van der Waals surface area (Å²) in [5, 5.41) is 0. The molecule has 176 valence electrons. The van der Waals surface area contributed by atoms with Crippen molar-refractivity contribution in [3.05, 3.63) is 120 Å². The summed E-state index contributed by atoms with van der Waals surface area (Å²) >= 11 is 0. The van der Waals surface area contributed by atoms with Gasteiger partial charge in [0, 0.05) is 19.7 Å². The Kier molecular flexibility index (Phi) is 5.88. The molecule has 0 bridgehead atoms. The van der Waals surface area contributed by atoms with E-state index in [1.54, 1.807) is 50.5 Å². The lowest BCUT2D eigenvalue weighted by Gasteiger charge is -2.28. The zero-order valence-corrected chi connectivity index (χ0v) is 20.1. The number of amides is 1. The van der Waals surface area contributed by atoms with Crippen LogP contribution in [0.15, 0.2) is 107 Å². The third kappa shape index (κ3) is 4.09. The lowest BCUT2D eigenvalue weighted by atomic mass is 9.99. The molecule has 2 heterocycles. The first-order valence-corrected chi connectivity index (χ1v) is 12.6. The minimum Gasteiger partial charge on any atom is -0.465 e. The van der Waals surface area contributed by atoms with Gasteiger partial charge in [0.1, 0.15) is 5.76 Å². The van der Waals surface area contributed by atoms with Crippen LogP contribution in [0.2, 0.25) is 0 Å². The highest BCUT2D eigenvalue weighted by molar-refractivity contribution is 7.89. The van der Waals surface area contributed by atoms with Gasteiger partial charge in [0.25, 0.3) is 5.91 Å². The molecule has 0 atom stereocenters. The highest BCUT2D eigenvalue weighted by Gasteiger charge is 2.34. The van der Waals surface area contributed by atoms with Crippen LogP contribution in [0.3, 0.4) is 0 Å². The molecule has 5 rings (SSSR count). The molecular formula is C28H24N2O4S. The van der Waals surface area contributed by atoms with Crippen molar-refractivity contribution in [3.63, 3.8) is 0 Å². The lowest BCUT2D eigenvalue weighted by molar-refractivity contribution is -0.112. The van der Waals surface area contributed by atoms with E-state index >= 15 is 0 Å². The Hall–Kier alpha value is -3.94. The summed E-state index contributed by atoms with van der Waals surface area (Å²) in [6.07, 6.45) is 3.17.